The van der Waals surface area contributed by atoms with Gasteiger partial charge in [0.15, 0.2) is 0 Å². The number of hydrogen-bond acceptors (Lipinski definition) is 2. The van der Waals surface area contributed by atoms with E-state index in [2.05, 4.69) is 19.1 Å². The van der Waals surface area contributed by atoms with Crippen molar-refractivity contribution in [3.8, 4) is 0 Å². The smallest absolute Gasteiger partial charge is 0.335 e. The van der Waals surface area contributed by atoms with E-state index in [0.29, 0.717) is 12.1 Å². The number of carboxylic acids is 1. The summed E-state index contributed by atoms with van der Waals surface area (Å²) in [7, 11) is 0. The molecule has 1 fully saturated rings. The number of amides is 1. The maximum Gasteiger partial charge on any atom is 0.335 e. The minimum atomic E-state index is -0.983. The van der Waals surface area contributed by atoms with Crippen LogP contribution in [0.5, 0.6) is 0 Å². The first-order chi connectivity index (χ1) is 11.5. The van der Waals surface area contributed by atoms with Gasteiger partial charge in [0.25, 0.3) is 5.91 Å². The number of carboxylic acid groups (broad SMARTS) is 1. The van der Waals surface area contributed by atoms with Gasteiger partial charge in [-0.05, 0) is 42.7 Å². The minimum absolute atomic E-state index is 0.0335. The van der Waals surface area contributed by atoms with Crippen molar-refractivity contribution in [3.05, 3.63) is 71.3 Å². The summed E-state index contributed by atoms with van der Waals surface area (Å²) in [5.74, 6) is -1.02. The molecule has 1 amide bonds. The van der Waals surface area contributed by atoms with Crippen LogP contribution in [0, 0.1) is 0 Å². The van der Waals surface area contributed by atoms with Gasteiger partial charge in [-0.15, -0.1) is 0 Å². The van der Waals surface area contributed by atoms with Crippen LogP contribution in [0.1, 0.15) is 46.0 Å². The zero-order chi connectivity index (χ0) is 17.2. The Balaban J connectivity index is 1.79. The van der Waals surface area contributed by atoms with E-state index in [0.717, 1.165) is 19.4 Å². The molecule has 1 heterocycles. The van der Waals surface area contributed by atoms with Gasteiger partial charge in [-0.1, -0.05) is 37.3 Å². The monoisotopic (exact) mass is 323 g/mol. The fourth-order valence-electron chi connectivity index (χ4n) is 3.43. The van der Waals surface area contributed by atoms with Crippen LogP contribution in [-0.4, -0.2) is 35.0 Å². The Labute approximate surface area is 141 Å². The van der Waals surface area contributed by atoms with Crippen LogP contribution >= 0.6 is 0 Å². The van der Waals surface area contributed by atoms with Gasteiger partial charge < -0.3 is 10.0 Å². The Morgan fingerprint density at radius 2 is 1.62 bits per heavy atom. The van der Waals surface area contributed by atoms with Crippen LogP contribution in [0.3, 0.4) is 0 Å². The Morgan fingerprint density at radius 1 is 1.00 bits per heavy atom. The van der Waals surface area contributed by atoms with Gasteiger partial charge in [-0.3, -0.25) is 4.79 Å². The van der Waals surface area contributed by atoms with Gasteiger partial charge in [0.05, 0.1) is 5.56 Å². The van der Waals surface area contributed by atoms with E-state index in [1.165, 1.54) is 17.7 Å². The van der Waals surface area contributed by atoms with Crippen LogP contribution in [0.4, 0.5) is 0 Å². The molecule has 0 radical (unpaired) electrons. The van der Waals surface area contributed by atoms with E-state index in [1.54, 1.807) is 12.1 Å². The van der Waals surface area contributed by atoms with E-state index >= 15 is 0 Å². The molecule has 0 aliphatic carbocycles. The molecule has 124 valence electrons. The summed E-state index contributed by atoms with van der Waals surface area (Å²) in [6, 6.07) is 16.5. The van der Waals surface area contributed by atoms with Gasteiger partial charge in [0.1, 0.15) is 0 Å². The highest BCUT2D eigenvalue weighted by Gasteiger charge is 2.34. The molecule has 4 heteroatoms. The van der Waals surface area contributed by atoms with E-state index in [4.69, 9.17) is 5.11 Å². The topological polar surface area (TPSA) is 57.6 Å². The Kier molecular flexibility index (Phi) is 4.38. The first-order valence-corrected chi connectivity index (χ1v) is 8.18. The van der Waals surface area contributed by atoms with Crippen molar-refractivity contribution in [2.75, 3.05) is 13.1 Å². The number of aromatic carboxylic acids is 1. The van der Waals surface area contributed by atoms with Gasteiger partial charge >= 0.3 is 5.97 Å². The summed E-state index contributed by atoms with van der Waals surface area (Å²) in [4.78, 5) is 25.6. The molecule has 0 bridgehead atoms. The zero-order valence-electron chi connectivity index (χ0n) is 13.7. The lowest BCUT2D eigenvalue weighted by atomic mass is 9.76. The van der Waals surface area contributed by atoms with Crippen LogP contribution < -0.4 is 0 Å². The van der Waals surface area contributed by atoms with Crippen molar-refractivity contribution in [3.63, 3.8) is 0 Å². The summed E-state index contributed by atoms with van der Waals surface area (Å²) < 4.78 is 0. The molecule has 2 aromatic rings. The molecule has 1 unspecified atom stereocenters. The number of carbonyl (C=O) groups excluding carboxylic acids is 1. The Morgan fingerprint density at radius 3 is 2.25 bits per heavy atom. The van der Waals surface area contributed by atoms with E-state index in [-0.39, 0.29) is 16.9 Å². The van der Waals surface area contributed by atoms with Gasteiger partial charge in [0.2, 0.25) is 0 Å². The van der Waals surface area contributed by atoms with Crippen LogP contribution in [0.25, 0.3) is 0 Å². The van der Waals surface area contributed by atoms with Crippen molar-refractivity contribution in [1.82, 2.24) is 4.90 Å². The zero-order valence-corrected chi connectivity index (χ0v) is 13.7. The molecule has 1 N–H and O–H groups in total. The molecule has 2 aromatic carbocycles. The molecule has 24 heavy (non-hydrogen) atoms. The molecule has 4 nitrogen and oxygen atoms in total. The van der Waals surface area contributed by atoms with Gasteiger partial charge in [-0.25, -0.2) is 4.79 Å². The lowest BCUT2D eigenvalue weighted by molar-refractivity contribution is 0.0647. The largest absolute Gasteiger partial charge is 0.478 e. The standard InChI is InChI=1S/C20H21NO3/c1-20(17-6-3-2-4-7-17)12-5-13-21(14-20)18(22)15-8-10-16(11-9-15)19(23)24/h2-4,6-11H,5,12-14H2,1H3,(H,23,24). The molecule has 3 rings (SSSR count). The third kappa shape index (κ3) is 3.18. The minimum Gasteiger partial charge on any atom is -0.478 e. The first kappa shape index (κ1) is 16.2. The fourth-order valence-corrected chi connectivity index (χ4v) is 3.43. The summed E-state index contributed by atoms with van der Waals surface area (Å²) in [6.07, 6.45) is 2.02. The fraction of sp³-hybridized carbons (Fsp3) is 0.300. The molecule has 0 aromatic heterocycles. The highest BCUT2D eigenvalue weighted by Crippen LogP contribution is 2.34. The highest BCUT2D eigenvalue weighted by atomic mass is 16.4. The van der Waals surface area contributed by atoms with Crippen molar-refractivity contribution in [2.24, 2.45) is 0 Å². The van der Waals surface area contributed by atoms with Crippen LogP contribution in [-0.2, 0) is 5.41 Å². The molecular formula is C20H21NO3. The summed E-state index contributed by atoms with van der Waals surface area (Å²) in [5, 5.41) is 8.96. The van der Waals surface area contributed by atoms with Crippen molar-refractivity contribution < 1.29 is 14.7 Å². The second-order valence-corrected chi connectivity index (χ2v) is 6.64. The summed E-state index contributed by atoms with van der Waals surface area (Å²) >= 11 is 0. The highest BCUT2D eigenvalue weighted by molar-refractivity contribution is 5.96. The quantitative estimate of drug-likeness (QED) is 0.939. The summed E-state index contributed by atoms with van der Waals surface area (Å²) in [5.41, 5.74) is 1.94. The molecule has 1 aliphatic rings. The van der Waals surface area contributed by atoms with Crippen molar-refractivity contribution in [2.45, 2.75) is 25.2 Å². The van der Waals surface area contributed by atoms with E-state index < -0.39 is 5.97 Å². The van der Waals surface area contributed by atoms with Crippen LogP contribution in [0.15, 0.2) is 54.6 Å². The predicted molar refractivity (Wildman–Crippen MR) is 92.3 cm³/mol. The van der Waals surface area contributed by atoms with Crippen molar-refractivity contribution >= 4 is 11.9 Å². The Hall–Kier alpha value is -2.62. The van der Waals surface area contributed by atoms with E-state index in [1.807, 2.05) is 23.1 Å². The molecule has 1 atom stereocenters. The number of piperidine rings is 1. The maximum atomic E-state index is 12.8. The SMILES string of the molecule is CC1(c2ccccc2)CCCN(C(=O)c2ccc(C(=O)O)cc2)C1. The molecule has 1 aliphatic heterocycles. The number of benzene rings is 2. The van der Waals surface area contributed by atoms with Gasteiger partial charge in [0, 0.05) is 24.1 Å². The Bertz CT molecular complexity index is 739. The summed E-state index contributed by atoms with van der Waals surface area (Å²) in [6.45, 7) is 3.62. The third-order valence-electron chi connectivity index (χ3n) is 4.83. The lowest BCUT2D eigenvalue weighted by Gasteiger charge is -2.41. The normalized spacial score (nSPS) is 20.6. The van der Waals surface area contributed by atoms with Gasteiger partial charge in [-0.2, -0.15) is 0 Å². The van der Waals surface area contributed by atoms with Crippen molar-refractivity contribution in [1.29, 1.82) is 0 Å². The number of nitrogens with zero attached hydrogens (tertiary/aromatic N) is 1. The molecular weight excluding hydrogens is 302 g/mol. The second kappa shape index (κ2) is 6.48. The second-order valence-electron chi connectivity index (χ2n) is 6.64. The van der Waals surface area contributed by atoms with E-state index in [9.17, 15) is 9.59 Å². The van der Waals surface area contributed by atoms with Crippen LogP contribution in [0.2, 0.25) is 0 Å². The number of rotatable bonds is 3. The number of hydrogen-bond donors (Lipinski definition) is 1. The predicted octanol–water partition coefficient (Wildman–Crippen LogP) is 3.58. The first-order valence-electron chi connectivity index (χ1n) is 8.18. The average Bonchev–Trinajstić information content (AvgIpc) is 2.62. The molecule has 0 saturated carbocycles. The molecule has 1 saturated heterocycles. The number of likely N-dealkylation sites (tertiary alicyclic amines) is 1. The molecule has 0 spiro atoms. The number of carbonyl (C=O) groups is 2. The third-order valence-corrected chi connectivity index (χ3v) is 4.83. The average molecular weight is 323 g/mol. The maximum absolute atomic E-state index is 12.8. The lowest BCUT2D eigenvalue weighted by Crippen LogP contribution is -2.47.